The highest BCUT2D eigenvalue weighted by Crippen LogP contribution is 2.20. The van der Waals surface area contributed by atoms with Gasteiger partial charge in [0.1, 0.15) is 0 Å². The van der Waals surface area contributed by atoms with Gasteiger partial charge in [-0.3, -0.25) is 9.59 Å². The van der Waals surface area contributed by atoms with Gasteiger partial charge in [-0.05, 0) is 32.9 Å². The van der Waals surface area contributed by atoms with E-state index < -0.39 is 10.0 Å². The fraction of sp³-hybridized carbons (Fsp3) is 0.529. The van der Waals surface area contributed by atoms with Crippen molar-refractivity contribution in [2.75, 3.05) is 19.6 Å². The number of sulfonamides is 1. The van der Waals surface area contributed by atoms with Gasteiger partial charge in [-0.1, -0.05) is 17.7 Å². The minimum absolute atomic E-state index is 0.0183. The van der Waals surface area contributed by atoms with Crippen molar-refractivity contribution in [2.45, 2.75) is 38.1 Å². The second kappa shape index (κ2) is 7.97. The quantitative estimate of drug-likeness (QED) is 0.692. The van der Waals surface area contributed by atoms with E-state index in [1.807, 2.05) is 20.8 Å². The zero-order valence-electron chi connectivity index (χ0n) is 14.8. The zero-order valence-corrected chi connectivity index (χ0v) is 15.6. The Morgan fingerprint density at radius 3 is 2.44 bits per heavy atom. The number of likely N-dealkylation sites (tertiary alicyclic amines) is 1. The normalized spacial score (nSPS) is 18.0. The Kier molecular flexibility index (Phi) is 6.18. The monoisotopic (exact) mass is 367 g/mol. The molecule has 7 nitrogen and oxygen atoms in total. The Balaban J connectivity index is 1.78. The predicted octanol–water partition coefficient (Wildman–Crippen LogP) is 0.646. The van der Waals surface area contributed by atoms with E-state index in [0.717, 1.165) is 5.56 Å². The Bertz CT molecular complexity index is 729. The van der Waals surface area contributed by atoms with Gasteiger partial charge in [-0.15, -0.1) is 0 Å². The molecule has 1 aromatic carbocycles. The second-order valence-corrected chi connectivity index (χ2v) is 8.31. The molecule has 0 radical (unpaired) electrons. The number of nitrogens with one attached hydrogen (secondary N) is 2. The lowest BCUT2D eigenvalue weighted by atomic mass is 10.1. The second-order valence-electron chi connectivity index (χ2n) is 6.54. The molecule has 0 spiro atoms. The van der Waals surface area contributed by atoms with Gasteiger partial charge in [0, 0.05) is 32.1 Å². The van der Waals surface area contributed by atoms with Crippen LogP contribution >= 0.6 is 0 Å². The van der Waals surface area contributed by atoms with Crippen LogP contribution in [0.2, 0.25) is 0 Å². The lowest BCUT2D eigenvalue weighted by Gasteiger charge is -2.20. The van der Waals surface area contributed by atoms with Crippen LogP contribution < -0.4 is 10.0 Å². The van der Waals surface area contributed by atoms with Crippen molar-refractivity contribution in [1.29, 1.82) is 0 Å². The molecule has 1 saturated heterocycles. The molecule has 1 fully saturated rings. The topological polar surface area (TPSA) is 95.6 Å². The Labute approximate surface area is 148 Å². The first-order valence-electron chi connectivity index (χ1n) is 8.34. The van der Waals surface area contributed by atoms with Crippen molar-refractivity contribution >= 4 is 21.8 Å². The first kappa shape index (κ1) is 19.4. The highest BCUT2D eigenvalue weighted by atomic mass is 32.2. The van der Waals surface area contributed by atoms with E-state index in [2.05, 4.69) is 10.0 Å². The van der Waals surface area contributed by atoms with E-state index >= 15 is 0 Å². The highest BCUT2D eigenvalue weighted by molar-refractivity contribution is 7.89. The van der Waals surface area contributed by atoms with Crippen molar-refractivity contribution in [1.82, 2.24) is 14.9 Å². The zero-order chi connectivity index (χ0) is 18.6. The average Bonchev–Trinajstić information content (AvgIpc) is 2.94. The molecule has 1 heterocycles. The molecule has 0 aliphatic carbocycles. The van der Waals surface area contributed by atoms with Crippen LogP contribution in [0, 0.1) is 12.8 Å². The maximum atomic E-state index is 12.1. The van der Waals surface area contributed by atoms with Crippen molar-refractivity contribution in [3.05, 3.63) is 29.8 Å². The number of benzene rings is 1. The summed E-state index contributed by atoms with van der Waals surface area (Å²) in [6.07, 6.45) is 0.207. The maximum Gasteiger partial charge on any atom is 0.240 e. The van der Waals surface area contributed by atoms with Crippen molar-refractivity contribution in [3.63, 3.8) is 0 Å². The standard InChI is InChI=1S/C17H25N3O4S/c1-12(2)20-11-14(10-16(20)21)17(22)18-8-9-19-25(23,24)15-6-4-13(3)5-7-15/h4-7,12,14,19H,8-11H2,1-3H3,(H,18,22). The summed E-state index contributed by atoms with van der Waals surface area (Å²) in [7, 11) is -3.59. The molecule has 0 aromatic heterocycles. The van der Waals surface area contributed by atoms with Crippen LogP contribution in [0.1, 0.15) is 25.8 Å². The number of carbonyl (C=O) groups is 2. The molecule has 1 atom stereocenters. The van der Waals surface area contributed by atoms with E-state index in [1.165, 1.54) is 0 Å². The molecule has 138 valence electrons. The molecule has 1 unspecified atom stereocenters. The number of hydrogen-bond donors (Lipinski definition) is 2. The van der Waals surface area contributed by atoms with E-state index in [-0.39, 0.29) is 48.2 Å². The lowest BCUT2D eigenvalue weighted by molar-refractivity contribution is -0.129. The Hall–Kier alpha value is -1.93. The highest BCUT2D eigenvalue weighted by Gasteiger charge is 2.35. The molecular formula is C17H25N3O4S. The molecule has 2 N–H and O–H groups in total. The molecular weight excluding hydrogens is 342 g/mol. The van der Waals surface area contributed by atoms with Crippen LogP contribution in [0.3, 0.4) is 0 Å². The molecule has 8 heteroatoms. The maximum absolute atomic E-state index is 12.1. The van der Waals surface area contributed by atoms with Gasteiger partial charge in [-0.2, -0.15) is 0 Å². The SMILES string of the molecule is Cc1ccc(S(=O)(=O)NCCNC(=O)C2CC(=O)N(C(C)C)C2)cc1. The van der Waals surface area contributed by atoms with Gasteiger partial charge in [0.15, 0.2) is 0 Å². The fourth-order valence-corrected chi connectivity index (χ4v) is 3.75. The summed E-state index contributed by atoms with van der Waals surface area (Å²) in [5.74, 6) is -0.607. The minimum Gasteiger partial charge on any atom is -0.354 e. The molecule has 25 heavy (non-hydrogen) atoms. The van der Waals surface area contributed by atoms with Gasteiger partial charge in [-0.25, -0.2) is 13.1 Å². The third-order valence-corrected chi connectivity index (χ3v) is 5.68. The van der Waals surface area contributed by atoms with E-state index in [1.54, 1.807) is 29.2 Å². The van der Waals surface area contributed by atoms with Crippen LogP contribution in [0.4, 0.5) is 0 Å². The third kappa shape index (κ3) is 5.02. The molecule has 0 bridgehead atoms. The van der Waals surface area contributed by atoms with Gasteiger partial charge >= 0.3 is 0 Å². The lowest BCUT2D eigenvalue weighted by Crippen LogP contribution is -2.39. The van der Waals surface area contributed by atoms with Crippen LogP contribution in [0.5, 0.6) is 0 Å². The molecule has 2 amide bonds. The first-order chi connectivity index (χ1) is 11.7. The molecule has 2 rings (SSSR count). The number of amides is 2. The van der Waals surface area contributed by atoms with Crippen molar-refractivity contribution < 1.29 is 18.0 Å². The smallest absolute Gasteiger partial charge is 0.240 e. The van der Waals surface area contributed by atoms with E-state index in [4.69, 9.17) is 0 Å². The number of aryl methyl sites for hydroxylation is 1. The van der Waals surface area contributed by atoms with Crippen molar-refractivity contribution in [2.24, 2.45) is 5.92 Å². The number of carbonyl (C=O) groups excluding carboxylic acids is 2. The van der Waals surface area contributed by atoms with Crippen LogP contribution in [-0.2, 0) is 19.6 Å². The fourth-order valence-electron chi connectivity index (χ4n) is 2.72. The summed E-state index contributed by atoms with van der Waals surface area (Å²) < 4.78 is 26.7. The van der Waals surface area contributed by atoms with Crippen LogP contribution in [0.25, 0.3) is 0 Å². The van der Waals surface area contributed by atoms with Gasteiger partial charge in [0.05, 0.1) is 10.8 Å². The van der Waals surface area contributed by atoms with Gasteiger partial charge in [0.2, 0.25) is 21.8 Å². The Morgan fingerprint density at radius 2 is 1.88 bits per heavy atom. The summed E-state index contributed by atoms with van der Waals surface area (Å²) in [6, 6.07) is 6.62. The number of hydrogen-bond acceptors (Lipinski definition) is 4. The molecule has 0 saturated carbocycles. The molecule has 1 aliphatic rings. The summed E-state index contributed by atoms with van der Waals surface area (Å²) in [5.41, 5.74) is 0.979. The summed E-state index contributed by atoms with van der Waals surface area (Å²) in [6.45, 7) is 6.40. The Morgan fingerprint density at radius 1 is 1.24 bits per heavy atom. The summed E-state index contributed by atoms with van der Waals surface area (Å²) >= 11 is 0. The molecule has 1 aliphatic heterocycles. The summed E-state index contributed by atoms with van der Waals surface area (Å²) in [5, 5.41) is 2.69. The average molecular weight is 367 g/mol. The third-order valence-electron chi connectivity index (χ3n) is 4.20. The molecule has 1 aromatic rings. The van der Waals surface area contributed by atoms with E-state index in [9.17, 15) is 18.0 Å². The summed E-state index contributed by atoms with van der Waals surface area (Å²) in [4.78, 5) is 25.8. The van der Waals surface area contributed by atoms with Gasteiger partial charge in [0.25, 0.3) is 0 Å². The van der Waals surface area contributed by atoms with Gasteiger partial charge < -0.3 is 10.2 Å². The van der Waals surface area contributed by atoms with Crippen molar-refractivity contribution in [3.8, 4) is 0 Å². The van der Waals surface area contributed by atoms with E-state index in [0.29, 0.717) is 6.54 Å². The van der Waals surface area contributed by atoms with Crippen LogP contribution in [-0.4, -0.2) is 50.8 Å². The first-order valence-corrected chi connectivity index (χ1v) is 9.82. The number of nitrogens with zero attached hydrogens (tertiary/aromatic N) is 1. The number of rotatable bonds is 7. The predicted molar refractivity (Wildman–Crippen MR) is 94.3 cm³/mol. The minimum atomic E-state index is -3.59. The van der Waals surface area contributed by atoms with Crippen LogP contribution in [0.15, 0.2) is 29.2 Å². The largest absolute Gasteiger partial charge is 0.354 e.